The molecule has 0 spiro atoms. The number of thiazole rings is 1. The molecule has 0 saturated heterocycles. The molecule has 3 heterocycles. The Morgan fingerprint density at radius 2 is 1.93 bits per heavy atom. The summed E-state index contributed by atoms with van der Waals surface area (Å²) >= 11 is 1.36. The fourth-order valence-electron chi connectivity index (χ4n) is 3.31. The number of nitrogens with one attached hydrogen (secondary N) is 1. The van der Waals surface area contributed by atoms with E-state index in [1.54, 1.807) is 17.9 Å². The van der Waals surface area contributed by atoms with Gasteiger partial charge in [-0.05, 0) is 39.8 Å². The average molecular weight is 432 g/mol. The van der Waals surface area contributed by atoms with Crippen LogP contribution in [-0.2, 0) is 22.5 Å². The Balaban J connectivity index is 1.41. The summed E-state index contributed by atoms with van der Waals surface area (Å²) in [6, 6.07) is 7.27. The van der Waals surface area contributed by atoms with E-state index in [1.165, 1.54) is 11.3 Å². The highest BCUT2D eigenvalue weighted by Crippen LogP contribution is 2.34. The lowest BCUT2D eigenvalue weighted by Crippen LogP contribution is -2.46. The van der Waals surface area contributed by atoms with Gasteiger partial charge in [0.25, 0.3) is 5.91 Å². The fourth-order valence-corrected chi connectivity index (χ4v) is 4.34. The van der Waals surface area contributed by atoms with Gasteiger partial charge in [0.05, 0.1) is 12.2 Å². The molecule has 9 heteroatoms. The molecule has 0 unspecified atom stereocenters. The molecule has 2 amide bonds. The number of nitrogens with zero attached hydrogens (tertiary/aromatic N) is 2. The molecule has 2 aliphatic heterocycles. The van der Waals surface area contributed by atoms with Gasteiger partial charge >= 0.3 is 6.09 Å². The summed E-state index contributed by atoms with van der Waals surface area (Å²) in [6.45, 7) is 8.29. The number of hydrogen-bond acceptors (Lipinski definition) is 7. The van der Waals surface area contributed by atoms with Crippen molar-refractivity contribution in [1.29, 1.82) is 0 Å². The van der Waals surface area contributed by atoms with Crippen LogP contribution in [-0.4, -0.2) is 46.2 Å². The van der Waals surface area contributed by atoms with Crippen molar-refractivity contribution in [3.05, 3.63) is 34.8 Å². The molecule has 30 heavy (non-hydrogen) atoms. The molecular weight excluding hydrogens is 406 g/mol. The van der Waals surface area contributed by atoms with Crippen molar-refractivity contribution in [3.63, 3.8) is 0 Å². The molecule has 160 valence electrons. The number of anilines is 1. The Kier molecular flexibility index (Phi) is 5.31. The molecule has 0 fully saturated rings. The number of para-hydroxylation sites is 2. The summed E-state index contributed by atoms with van der Waals surface area (Å²) in [6.07, 6.45) is -0.933. The minimum atomic E-state index is -0.779. The molecule has 2 aliphatic rings. The van der Waals surface area contributed by atoms with Gasteiger partial charge in [-0.2, -0.15) is 0 Å². The SMILES string of the molecule is C[C@@H]1Oc2ccccc2O[C@H]1C(=O)Nc1nc2c(s1)CN(C(=O)OC(C)(C)C)CC2. The number of fused-ring (bicyclic) bond motifs is 2. The highest BCUT2D eigenvalue weighted by molar-refractivity contribution is 7.15. The summed E-state index contributed by atoms with van der Waals surface area (Å²) in [4.78, 5) is 32.3. The summed E-state index contributed by atoms with van der Waals surface area (Å²) < 4.78 is 17.1. The highest BCUT2D eigenvalue weighted by Gasteiger charge is 2.35. The maximum Gasteiger partial charge on any atom is 0.410 e. The Bertz CT molecular complexity index is 968. The Morgan fingerprint density at radius 1 is 1.23 bits per heavy atom. The molecule has 0 radical (unpaired) electrons. The van der Waals surface area contributed by atoms with Crippen LogP contribution in [0.4, 0.5) is 9.93 Å². The number of benzene rings is 1. The average Bonchev–Trinajstić information content (AvgIpc) is 3.07. The third-order valence-corrected chi connectivity index (χ3v) is 5.71. The van der Waals surface area contributed by atoms with Crippen LogP contribution in [0.25, 0.3) is 0 Å². The van der Waals surface area contributed by atoms with Crippen molar-refractivity contribution in [2.75, 3.05) is 11.9 Å². The van der Waals surface area contributed by atoms with E-state index in [4.69, 9.17) is 14.2 Å². The van der Waals surface area contributed by atoms with Crippen molar-refractivity contribution in [2.45, 2.75) is 58.5 Å². The molecule has 8 nitrogen and oxygen atoms in total. The Morgan fingerprint density at radius 3 is 2.63 bits per heavy atom. The maximum absolute atomic E-state index is 12.8. The van der Waals surface area contributed by atoms with Crippen LogP contribution < -0.4 is 14.8 Å². The van der Waals surface area contributed by atoms with Gasteiger partial charge in [0, 0.05) is 17.8 Å². The van der Waals surface area contributed by atoms with Crippen LogP contribution >= 0.6 is 11.3 Å². The highest BCUT2D eigenvalue weighted by atomic mass is 32.1. The lowest BCUT2D eigenvalue weighted by Gasteiger charge is -2.30. The molecule has 1 aromatic carbocycles. The smallest absolute Gasteiger partial charge is 0.410 e. The first-order chi connectivity index (χ1) is 14.2. The van der Waals surface area contributed by atoms with Crippen molar-refractivity contribution in [3.8, 4) is 11.5 Å². The monoisotopic (exact) mass is 431 g/mol. The van der Waals surface area contributed by atoms with Crippen molar-refractivity contribution in [2.24, 2.45) is 0 Å². The minimum Gasteiger partial charge on any atom is -0.482 e. The largest absolute Gasteiger partial charge is 0.482 e. The second-order valence-electron chi connectivity index (χ2n) is 8.34. The van der Waals surface area contributed by atoms with Gasteiger partial charge in [0.1, 0.15) is 11.7 Å². The number of carbonyl (C=O) groups excluding carboxylic acids is 2. The van der Waals surface area contributed by atoms with E-state index in [9.17, 15) is 9.59 Å². The number of carbonyl (C=O) groups is 2. The second kappa shape index (κ2) is 7.79. The number of rotatable bonds is 2. The normalized spacial score (nSPS) is 20.3. The Hall–Kier alpha value is -2.81. The molecule has 1 N–H and O–H groups in total. The van der Waals surface area contributed by atoms with Crippen molar-refractivity contribution < 1.29 is 23.8 Å². The van der Waals surface area contributed by atoms with Gasteiger partial charge in [-0.25, -0.2) is 9.78 Å². The lowest BCUT2D eigenvalue weighted by molar-refractivity contribution is -0.128. The quantitative estimate of drug-likeness (QED) is 0.781. The van der Waals surface area contributed by atoms with Crippen molar-refractivity contribution >= 4 is 28.5 Å². The van der Waals surface area contributed by atoms with E-state index >= 15 is 0 Å². The van der Waals surface area contributed by atoms with E-state index in [-0.39, 0.29) is 12.0 Å². The lowest BCUT2D eigenvalue weighted by atomic mass is 10.1. The zero-order valence-electron chi connectivity index (χ0n) is 17.4. The predicted molar refractivity (Wildman–Crippen MR) is 112 cm³/mol. The molecule has 0 saturated carbocycles. The van der Waals surface area contributed by atoms with Crippen LogP contribution in [0.15, 0.2) is 24.3 Å². The molecule has 0 bridgehead atoms. The number of amides is 2. The van der Waals surface area contributed by atoms with Crippen LogP contribution in [0.5, 0.6) is 11.5 Å². The second-order valence-corrected chi connectivity index (χ2v) is 9.42. The van der Waals surface area contributed by atoms with Crippen LogP contribution in [0.1, 0.15) is 38.3 Å². The zero-order chi connectivity index (χ0) is 21.5. The summed E-state index contributed by atoms with van der Waals surface area (Å²) in [5.74, 6) is 0.857. The van der Waals surface area contributed by atoms with Crippen LogP contribution in [0.2, 0.25) is 0 Å². The maximum atomic E-state index is 12.8. The van der Waals surface area contributed by atoms with Gasteiger partial charge in [-0.15, -0.1) is 0 Å². The number of ether oxygens (including phenoxy) is 3. The first-order valence-electron chi connectivity index (χ1n) is 9.89. The zero-order valence-corrected chi connectivity index (χ0v) is 18.2. The van der Waals surface area contributed by atoms with Gasteiger partial charge in [-0.3, -0.25) is 10.1 Å². The Labute approximate surface area is 179 Å². The van der Waals surface area contributed by atoms with Gasteiger partial charge < -0.3 is 19.1 Å². The van der Waals surface area contributed by atoms with E-state index < -0.39 is 17.8 Å². The molecule has 2 atom stereocenters. The molecule has 1 aromatic heterocycles. The van der Waals surface area contributed by atoms with Gasteiger partial charge in [0.15, 0.2) is 16.6 Å². The summed E-state index contributed by atoms with van der Waals surface area (Å²) in [5, 5.41) is 3.33. The van der Waals surface area contributed by atoms with E-state index in [1.807, 2.05) is 39.0 Å². The molecule has 2 aromatic rings. The third-order valence-electron chi connectivity index (χ3n) is 4.71. The topological polar surface area (TPSA) is 90.0 Å². The van der Waals surface area contributed by atoms with Gasteiger partial charge in [-0.1, -0.05) is 23.5 Å². The summed E-state index contributed by atoms with van der Waals surface area (Å²) in [5.41, 5.74) is 0.357. The first-order valence-corrected chi connectivity index (χ1v) is 10.7. The predicted octanol–water partition coefficient (Wildman–Crippen LogP) is 3.60. The van der Waals surface area contributed by atoms with E-state index in [0.29, 0.717) is 36.1 Å². The number of aromatic nitrogens is 1. The van der Waals surface area contributed by atoms with Gasteiger partial charge in [0.2, 0.25) is 6.10 Å². The van der Waals surface area contributed by atoms with Crippen molar-refractivity contribution in [1.82, 2.24) is 9.88 Å². The fraction of sp³-hybridized carbons (Fsp3) is 0.476. The molecular formula is C21H25N3O5S. The first kappa shape index (κ1) is 20.5. The minimum absolute atomic E-state index is 0.313. The standard InChI is InChI=1S/C21H25N3O5S/c1-12-17(28-15-8-6-5-7-14(15)27-12)18(25)23-19-22-13-9-10-24(11-16(13)30-19)20(26)29-21(2,3)4/h5-8,12,17H,9-11H2,1-4H3,(H,22,23,25)/t12-,17+/m0/s1. The van der Waals surface area contributed by atoms with E-state index in [0.717, 1.165) is 10.6 Å². The molecule has 4 rings (SSSR count). The third kappa shape index (κ3) is 4.35. The molecule has 0 aliphatic carbocycles. The van der Waals surface area contributed by atoms with Crippen LogP contribution in [0.3, 0.4) is 0 Å². The summed E-state index contributed by atoms with van der Waals surface area (Å²) in [7, 11) is 0. The number of hydrogen-bond donors (Lipinski definition) is 1. The van der Waals surface area contributed by atoms with Crippen LogP contribution in [0, 0.1) is 0 Å². The van der Waals surface area contributed by atoms with E-state index in [2.05, 4.69) is 10.3 Å².